The summed E-state index contributed by atoms with van der Waals surface area (Å²) in [6.07, 6.45) is 1.84. The molecular weight excluding hydrogens is 242 g/mol. The van der Waals surface area contributed by atoms with Gasteiger partial charge in [-0.3, -0.25) is 4.79 Å². The van der Waals surface area contributed by atoms with E-state index in [2.05, 4.69) is 17.2 Å². The van der Waals surface area contributed by atoms with Gasteiger partial charge < -0.3 is 14.6 Å². The number of hydrogen-bond acceptors (Lipinski definition) is 4. The van der Waals surface area contributed by atoms with Crippen molar-refractivity contribution in [2.24, 2.45) is 0 Å². The van der Waals surface area contributed by atoms with E-state index in [4.69, 9.17) is 4.42 Å². The normalized spacial score (nSPS) is 19.8. The zero-order chi connectivity index (χ0) is 13.2. The molecule has 1 fully saturated rings. The highest BCUT2D eigenvalue weighted by Gasteiger charge is 2.22. The van der Waals surface area contributed by atoms with Gasteiger partial charge in [0.05, 0.1) is 6.42 Å². The van der Waals surface area contributed by atoms with Gasteiger partial charge in [0.25, 0.3) is 0 Å². The molecule has 5 nitrogen and oxygen atoms in total. The molecule has 1 atom stereocenters. The van der Waals surface area contributed by atoms with Crippen molar-refractivity contribution in [1.82, 2.24) is 15.2 Å². The second-order valence-corrected chi connectivity index (χ2v) is 4.97. The van der Waals surface area contributed by atoms with E-state index >= 15 is 0 Å². The minimum absolute atomic E-state index is 0.174. The Kier molecular flexibility index (Phi) is 3.21. The van der Waals surface area contributed by atoms with Crippen molar-refractivity contribution >= 4 is 17.0 Å². The summed E-state index contributed by atoms with van der Waals surface area (Å²) in [5.41, 5.74) is 2.53. The smallest absolute Gasteiger partial charge is 0.227 e. The van der Waals surface area contributed by atoms with Crippen LogP contribution in [-0.4, -0.2) is 41.5 Å². The van der Waals surface area contributed by atoms with Gasteiger partial charge in [-0.1, -0.05) is 6.07 Å². The Labute approximate surface area is 111 Å². The third-order valence-corrected chi connectivity index (χ3v) is 3.57. The third kappa shape index (κ3) is 2.46. The molecule has 1 aliphatic rings. The van der Waals surface area contributed by atoms with Gasteiger partial charge in [0.15, 0.2) is 12.0 Å². The number of hydrogen-bond donors (Lipinski definition) is 1. The summed E-state index contributed by atoms with van der Waals surface area (Å²) in [6, 6.07) is 5.99. The number of nitrogens with zero attached hydrogens (tertiary/aromatic N) is 2. The summed E-state index contributed by atoms with van der Waals surface area (Å²) in [5, 5.41) is 3.29. The molecule has 1 unspecified atom stereocenters. The maximum Gasteiger partial charge on any atom is 0.227 e. The fourth-order valence-corrected chi connectivity index (χ4v) is 2.50. The molecule has 1 saturated heterocycles. The number of nitrogens with one attached hydrogen (secondary N) is 1. The molecule has 2 heterocycles. The van der Waals surface area contributed by atoms with Gasteiger partial charge in [-0.25, -0.2) is 4.98 Å². The molecule has 1 aromatic carbocycles. The number of carbonyl (C=O) groups is 1. The summed E-state index contributed by atoms with van der Waals surface area (Å²) in [4.78, 5) is 18.3. The van der Waals surface area contributed by atoms with Gasteiger partial charge in [0.2, 0.25) is 5.91 Å². The molecule has 1 amide bonds. The van der Waals surface area contributed by atoms with E-state index in [9.17, 15) is 4.79 Å². The minimum atomic E-state index is 0.174. The third-order valence-electron chi connectivity index (χ3n) is 3.57. The first-order valence-corrected chi connectivity index (χ1v) is 6.56. The molecule has 100 valence electrons. The standard InChI is InChI=1S/C14H17N3O2/c1-10-8-15-4-5-17(10)14(18)7-11-2-3-12-13(6-11)19-9-16-12/h2-3,6,9-10,15H,4-5,7-8H2,1H3. The highest BCUT2D eigenvalue weighted by molar-refractivity contribution is 5.81. The average molecular weight is 259 g/mol. The molecule has 1 N–H and O–H groups in total. The lowest BCUT2D eigenvalue weighted by molar-refractivity contribution is -0.133. The maximum absolute atomic E-state index is 12.3. The number of aromatic nitrogens is 1. The molecule has 0 spiro atoms. The molecule has 5 heteroatoms. The second kappa shape index (κ2) is 5.01. The molecule has 0 radical (unpaired) electrons. The number of rotatable bonds is 2. The Bertz CT molecular complexity index is 593. The lowest BCUT2D eigenvalue weighted by atomic mass is 10.1. The van der Waals surface area contributed by atoms with Crippen LogP contribution in [-0.2, 0) is 11.2 Å². The van der Waals surface area contributed by atoms with Crippen molar-refractivity contribution in [2.45, 2.75) is 19.4 Å². The number of piperazine rings is 1. The predicted molar refractivity (Wildman–Crippen MR) is 71.8 cm³/mol. The molecule has 3 rings (SSSR count). The van der Waals surface area contributed by atoms with Crippen LogP contribution in [0, 0.1) is 0 Å². The molecule has 2 aromatic rings. The second-order valence-electron chi connectivity index (χ2n) is 4.97. The Morgan fingerprint density at radius 2 is 2.47 bits per heavy atom. The molecule has 0 bridgehead atoms. The van der Waals surface area contributed by atoms with Crippen LogP contribution >= 0.6 is 0 Å². The lowest BCUT2D eigenvalue weighted by Crippen LogP contribution is -2.52. The first-order chi connectivity index (χ1) is 9.24. The van der Waals surface area contributed by atoms with Crippen LogP contribution in [0.2, 0.25) is 0 Å². The van der Waals surface area contributed by atoms with Crippen LogP contribution in [0.1, 0.15) is 12.5 Å². The van der Waals surface area contributed by atoms with Crippen molar-refractivity contribution in [1.29, 1.82) is 0 Å². The number of fused-ring (bicyclic) bond motifs is 1. The minimum Gasteiger partial charge on any atom is -0.443 e. The SMILES string of the molecule is CC1CNCCN1C(=O)Cc1ccc2ncoc2c1. The van der Waals surface area contributed by atoms with E-state index in [1.807, 2.05) is 23.1 Å². The van der Waals surface area contributed by atoms with Crippen LogP contribution in [0.5, 0.6) is 0 Å². The summed E-state index contributed by atoms with van der Waals surface area (Å²) in [7, 11) is 0. The van der Waals surface area contributed by atoms with E-state index < -0.39 is 0 Å². The van der Waals surface area contributed by atoms with Crippen molar-refractivity contribution < 1.29 is 9.21 Å². The summed E-state index contributed by atoms with van der Waals surface area (Å²) >= 11 is 0. The van der Waals surface area contributed by atoms with Crippen LogP contribution in [0.15, 0.2) is 29.0 Å². The Balaban J connectivity index is 1.74. The van der Waals surface area contributed by atoms with Crippen molar-refractivity contribution in [2.75, 3.05) is 19.6 Å². The number of amides is 1. The summed E-state index contributed by atoms with van der Waals surface area (Å²) in [6.45, 7) is 4.60. The van der Waals surface area contributed by atoms with E-state index in [1.165, 1.54) is 6.39 Å². The molecule has 1 aromatic heterocycles. The van der Waals surface area contributed by atoms with Crippen molar-refractivity contribution in [3.63, 3.8) is 0 Å². The molecule has 1 aliphatic heterocycles. The first-order valence-electron chi connectivity index (χ1n) is 6.56. The molecule has 0 aliphatic carbocycles. The summed E-state index contributed by atoms with van der Waals surface area (Å²) < 4.78 is 5.26. The van der Waals surface area contributed by atoms with Gasteiger partial charge in [0, 0.05) is 25.7 Å². The Morgan fingerprint density at radius 1 is 1.58 bits per heavy atom. The Morgan fingerprint density at radius 3 is 3.32 bits per heavy atom. The predicted octanol–water partition coefficient (Wildman–Crippen LogP) is 1.19. The van der Waals surface area contributed by atoms with E-state index in [1.54, 1.807) is 0 Å². The molecular formula is C14H17N3O2. The lowest BCUT2D eigenvalue weighted by Gasteiger charge is -2.34. The van der Waals surface area contributed by atoms with Crippen LogP contribution in [0.3, 0.4) is 0 Å². The van der Waals surface area contributed by atoms with Crippen LogP contribution < -0.4 is 5.32 Å². The fraction of sp³-hybridized carbons (Fsp3) is 0.429. The average Bonchev–Trinajstić information content (AvgIpc) is 2.86. The molecule has 0 saturated carbocycles. The quantitative estimate of drug-likeness (QED) is 0.880. The number of carbonyl (C=O) groups excluding carboxylic acids is 1. The van der Waals surface area contributed by atoms with Crippen molar-refractivity contribution in [3.8, 4) is 0 Å². The number of benzene rings is 1. The van der Waals surface area contributed by atoms with Gasteiger partial charge in [0.1, 0.15) is 5.52 Å². The monoisotopic (exact) mass is 259 g/mol. The highest BCUT2D eigenvalue weighted by atomic mass is 16.3. The number of oxazole rings is 1. The topological polar surface area (TPSA) is 58.4 Å². The van der Waals surface area contributed by atoms with Crippen LogP contribution in [0.4, 0.5) is 0 Å². The zero-order valence-corrected chi connectivity index (χ0v) is 10.9. The van der Waals surface area contributed by atoms with Gasteiger partial charge >= 0.3 is 0 Å². The van der Waals surface area contributed by atoms with Gasteiger partial charge in [-0.2, -0.15) is 0 Å². The van der Waals surface area contributed by atoms with Crippen molar-refractivity contribution in [3.05, 3.63) is 30.2 Å². The molecule has 19 heavy (non-hydrogen) atoms. The van der Waals surface area contributed by atoms with Gasteiger partial charge in [-0.15, -0.1) is 0 Å². The fourth-order valence-electron chi connectivity index (χ4n) is 2.50. The highest BCUT2D eigenvalue weighted by Crippen LogP contribution is 2.16. The van der Waals surface area contributed by atoms with Crippen LogP contribution in [0.25, 0.3) is 11.1 Å². The maximum atomic E-state index is 12.3. The summed E-state index contributed by atoms with van der Waals surface area (Å²) in [5.74, 6) is 0.174. The first kappa shape index (κ1) is 12.2. The van der Waals surface area contributed by atoms with E-state index in [0.717, 1.165) is 36.3 Å². The van der Waals surface area contributed by atoms with E-state index in [-0.39, 0.29) is 11.9 Å². The van der Waals surface area contributed by atoms with E-state index in [0.29, 0.717) is 6.42 Å². The van der Waals surface area contributed by atoms with Gasteiger partial charge in [-0.05, 0) is 24.6 Å². The Hall–Kier alpha value is -1.88. The largest absolute Gasteiger partial charge is 0.443 e. The zero-order valence-electron chi connectivity index (χ0n) is 10.9.